The second kappa shape index (κ2) is 4.89. The molecule has 1 amide bonds. The number of aliphatic hydroxyl groups excluding tert-OH is 1. The fourth-order valence-corrected chi connectivity index (χ4v) is 3.41. The first-order valence-electron chi connectivity index (χ1n) is 6.86. The minimum atomic E-state index is -0.797. The van der Waals surface area contributed by atoms with Crippen molar-refractivity contribution in [2.75, 3.05) is 13.2 Å². The minimum Gasteiger partial charge on any atom is -0.396 e. The quantitative estimate of drug-likeness (QED) is 0.796. The summed E-state index contributed by atoms with van der Waals surface area (Å²) in [5.41, 5.74) is -0.934. The predicted molar refractivity (Wildman–Crippen MR) is 67.4 cm³/mol. The molecule has 0 radical (unpaired) electrons. The van der Waals surface area contributed by atoms with Crippen LogP contribution in [0.4, 0.5) is 0 Å². The Morgan fingerprint density at radius 1 is 1.44 bits per heavy atom. The molecule has 0 aromatic rings. The van der Waals surface area contributed by atoms with Crippen LogP contribution in [0.5, 0.6) is 0 Å². The maximum Gasteiger partial charge on any atom is 0.240 e. The first-order valence-corrected chi connectivity index (χ1v) is 6.86. The smallest absolute Gasteiger partial charge is 0.240 e. The van der Waals surface area contributed by atoms with Crippen molar-refractivity contribution in [3.8, 4) is 6.07 Å². The number of hydrogen-bond donors (Lipinski definition) is 2. The molecule has 2 fully saturated rings. The van der Waals surface area contributed by atoms with Gasteiger partial charge in [0, 0.05) is 12.0 Å². The van der Waals surface area contributed by atoms with Gasteiger partial charge >= 0.3 is 0 Å². The first kappa shape index (κ1) is 13.4. The molecule has 2 rings (SSSR count). The van der Waals surface area contributed by atoms with Crippen LogP contribution in [0.2, 0.25) is 0 Å². The number of carbonyl (C=O) groups excluding carboxylic acids is 1. The van der Waals surface area contributed by atoms with Crippen LogP contribution in [-0.2, 0) is 4.79 Å². The molecular formula is C14H22N2O2. The molecule has 2 N–H and O–H groups in total. The molecule has 0 bridgehead atoms. The van der Waals surface area contributed by atoms with Gasteiger partial charge in [-0.15, -0.1) is 0 Å². The van der Waals surface area contributed by atoms with Gasteiger partial charge in [-0.25, -0.2) is 0 Å². The van der Waals surface area contributed by atoms with E-state index in [9.17, 15) is 15.2 Å². The van der Waals surface area contributed by atoms with Gasteiger partial charge in [-0.3, -0.25) is 4.79 Å². The van der Waals surface area contributed by atoms with Gasteiger partial charge in [-0.1, -0.05) is 19.8 Å². The van der Waals surface area contributed by atoms with Gasteiger partial charge in [-0.05, 0) is 31.6 Å². The Bertz CT molecular complexity index is 360. The second-order valence-corrected chi connectivity index (χ2v) is 6.26. The second-order valence-electron chi connectivity index (χ2n) is 6.26. The van der Waals surface area contributed by atoms with Crippen molar-refractivity contribution in [1.82, 2.24) is 5.32 Å². The van der Waals surface area contributed by atoms with E-state index >= 15 is 0 Å². The summed E-state index contributed by atoms with van der Waals surface area (Å²) in [5, 5.41) is 21.6. The number of hydrogen-bond acceptors (Lipinski definition) is 3. The molecule has 4 heteroatoms. The number of nitrogens with zero attached hydrogens (tertiary/aromatic N) is 1. The average Bonchev–Trinajstić information content (AvgIpc) is 2.81. The van der Waals surface area contributed by atoms with Crippen molar-refractivity contribution < 1.29 is 9.90 Å². The summed E-state index contributed by atoms with van der Waals surface area (Å²) in [5.74, 6) is 0.330. The van der Waals surface area contributed by atoms with E-state index in [0.717, 1.165) is 25.7 Å². The zero-order valence-electron chi connectivity index (χ0n) is 11.0. The molecule has 100 valence electrons. The lowest BCUT2D eigenvalue weighted by molar-refractivity contribution is -0.134. The monoisotopic (exact) mass is 250 g/mol. The third kappa shape index (κ3) is 2.24. The van der Waals surface area contributed by atoms with Gasteiger partial charge in [0.05, 0.1) is 12.7 Å². The van der Waals surface area contributed by atoms with Gasteiger partial charge in [-0.2, -0.15) is 5.26 Å². The van der Waals surface area contributed by atoms with Crippen molar-refractivity contribution in [2.24, 2.45) is 16.7 Å². The van der Waals surface area contributed by atoms with Crippen molar-refractivity contribution >= 4 is 5.91 Å². The van der Waals surface area contributed by atoms with E-state index in [-0.39, 0.29) is 17.9 Å². The lowest BCUT2D eigenvalue weighted by atomic mass is 9.63. The Balaban J connectivity index is 1.90. The Hall–Kier alpha value is -1.08. The number of carbonyl (C=O) groups is 1. The van der Waals surface area contributed by atoms with Gasteiger partial charge < -0.3 is 10.4 Å². The molecule has 0 unspecified atom stereocenters. The number of nitriles is 1. The molecule has 0 saturated heterocycles. The summed E-state index contributed by atoms with van der Waals surface area (Å²) in [7, 11) is 0. The number of aliphatic hydroxyl groups is 1. The summed E-state index contributed by atoms with van der Waals surface area (Å²) in [6.45, 7) is 2.71. The van der Waals surface area contributed by atoms with Crippen molar-refractivity contribution in [2.45, 2.75) is 45.4 Å². The van der Waals surface area contributed by atoms with E-state index < -0.39 is 5.41 Å². The highest BCUT2D eigenvalue weighted by atomic mass is 16.3. The Morgan fingerprint density at radius 2 is 2.06 bits per heavy atom. The van der Waals surface area contributed by atoms with Crippen molar-refractivity contribution in [3.05, 3.63) is 0 Å². The number of nitrogens with one attached hydrogen (secondary N) is 1. The predicted octanol–water partition coefficient (Wildman–Crippen LogP) is 1.60. The summed E-state index contributed by atoms with van der Waals surface area (Å²) < 4.78 is 0. The normalized spacial score (nSPS) is 33.5. The zero-order chi connectivity index (χ0) is 13.2. The lowest BCUT2D eigenvalue weighted by Gasteiger charge is -2.40. The van der Waals surface area contributed by atoms with E-state index in [2.05, 4.69) is 18.3 Å². The van der Waals surface area contributed by atoms with E-state index in [0.29, 0.717) is 25.3 Å². The van der Waals surface area contributed by atoms with Gasteiger partial charge in [0.15, 0.2) is 0 Å². The van der Waals surface area contributed by atoms with Crippen molar-refractivity contribution in [3.63, 3.8) is 0 Å². The highest BCUT2D eigenvalue weighted by Crippen LogP contribution is 2.45. The molecule has 0 aromatic heterocycles. The van der Waals surface area contributed by atoms with Crippen LogP contribution < -0.4 is 5.32 Å². The van der Waals surface area contributed by atoms with E-state index in [1.807, 2.05) is 0 Å². The summed E-state index contributed by atoms with van der Waals surface area (Å²) in [4.78, 5) is 12.1. The van der Waals surface area contributed by atoms with Crippen LogP contribution in [0.3, 0.4) is 0 Å². The Labute approximate surface area is 108 Å². The maximum absolute atomic E-state index is 12.1. The van der Waals surface area contributed by atoms with Crippen LogP contribution in [0.25, 0.3) is 0 Å². The van der Waals surface area contributed by atoms with Crippen LogP contribution in [0, 0.1) is 28.1 Å². The van der Waals surface area contributed by atoms with Gasteiger partial charge in [0.1, 0.15) is 5.41 Å². The average molecular weight is 250 g/mol. The van der Waals surface area contributed by atoms with E-state index in [1.54, 1.807) is 0 Å². The lowest BCUT2D eigenvalue weighted by Crippen LogP contribution is -2.50. The molecule has 2 aliphatic carbocycles. The summed E-state index contributed by atoms with van der Waals surface area (Å²) >= 11 is 0. The van der Waals surface area contributed by atoms with E-state index in [4.69, 9.17) is 0 Å². The number of amides is 1. The highest BCUT2D eigenvalue weighted by Gasteiger charge is 2.49. The fraction of sp³-hybridized carbons (Fsp3) is 0.857. The molecule has 0 aliphatic heterocycles. The van der Waals surface area contributed by atoms with Gasteiger partial charge in [0.25, 0.3) is 0 Å². The summed E-state index contributed by atoms with van der Waals surface area (Å²) in [6.07, 6.45) is 5.52. The standard InChI is InChI=1S/C14H22N2O2/c1-11-6-14(7-11,8-15)12(18)16-9-13(10-17)4-2-3-5-13/h11,17H,2-7,9-10H2,1H3,(H,16,18). The largest absolute Gasteiger partial charge is 0.396 e. The molecule has 2 saturated carbocycles. The highest BCUT2D eigenvalue weighted by molar-refractivity contribution is 5.86. The maximum atomic E-state index is 12.1. The van der Waals surface area contributed by atoms with Crippen LogP contribution in [0.15, 0.2) is 0 Å². The Morgan fingerprint density at radius 3 is 2.50 bits per heavy atom. The third-order valence-electron chi connectivity index (χ3n) is 4.67. The molecule has 0 spiro atoms. The molecule has 4 nitrogen and oxygen atoms in total. The zero-order valence-corrected chi connectivity index (χ0v) is 11.0. The molecule has 2 aliphatic rings. The SMILES string of the molecule is CC1CC(C#N)(C(=O)NCC2(CO)CCCC2)C1. The fourth-order valence-electron chi connectivity index (χ4n) is 3.41. The first-order chi connectivity index (χ1) is 8.56. The van der Waals surface area contributed by atoms with Crippen LogP contribution >= 0.6 is 0 Å². The Kier molecular flexibility index (Phi) is 3.63. The van der Waals surface area contributed by atoms with Crippen LogP contribution in [-0.4, -0.2) is 24.2 Å². The molecule has 0 heterocycles. The van der Waals surface area contributed by atoms with E-state index in [1.165, 1.54) is 0 Å². The molecule has 0 atom stereocenters. The molecule has 0 aromatic carbocycles. The third-order valence-corrected chi connectivity index (χ3v) is 4.67. The molecule has 18 heavy (non-hydrogen) atoms. The van der Waals surface area contributed by atoms with Gasteiger partial charge in [0.2, 0.25) is 5.91 Å². The van der Waals surface area contributed by atoms with Crippen molar-refractivity contribution in [1.29, 1.82) is 5.26 Å². The molecular weight excluding hydrogens is 228 g/mol. The number of rotatable bonds is 4. The summed E-state index contributed by atoms with van der Waals surface area (Å²) in [6, 6.07) is 2.18. The van der Waals surface area contributed by atoms with Crippen LogP contribution in [0.1, 0.15) is 45.4 Å². The minimum absolute atomic E-state index is 0.128. The topological polar surface area (TPSA) is 73.1 Å².